The van der Waals surface area contributed by atoms with Crippen LogP contribution in [-0.2, 0) is 11.3 Å². The minimum Gasteiger partial charge on any atom is -0.289 e. The van der Waals surface area contributed by atoms with Crippen LogP contribution in [0.25, 0.3) is 10.9 Å². The van der Waals surface area contributed by atoms with Gasteiger partial charge in [-0.1, -0.05) is 23.8 Å². The van der Waals surface area contributed by atoms with Gasteiger partial charge in [-0.25, -0.2) is 10.4 Å². The predicted molar refractivity (Wildman–Crippen MR) is 99.6 cm³/mol. The highest BCUT2D eigenvalue weighted by Crippen LogP contribution is 2.15. The van der Waals surface area contributed by atoms with Crippen LogP contribution in [0.4, 0.5) is 5.69 Å². The lowest BCUT2D eigenvalue weighted by Crippen LogP contribution is -2.30. The molecule has 0 unspecified atom stereocenters. The van der Waals surface area contributed by atoms with Gasteiger partial charge in [0.05, 0.1) is 33.9 Å². The number of aryl methyl sites for hydroxylation is 1. The van der Waals surface area contributed by atoms with Crippen molar-refractivity contribution in [1.29, 1.82) is 0 Å². The third-order valence-corrected chi connectivity index (χ3v) is 3.82. The van der Waals surface area contributed by atoms with Crippen LogP contribution in [0.1, 0.15) is 11.1 Å². The Morgan fingerprint density at radius 1 is 1.33 bits per heavy atom. The number of rotatable bonds is 5. The maximum absolute atomic E-state index is 12.5. The first-order valence-corrected chi connectivity index (χ1v) is 7.97. The average molecular weight is 365 g/mol. The molecule has 0 aliphatic carbocycles. The van der Waals surface area contributed by atoms with E-state index in [0.717, 1.165) is 5.56 Å². The first-order chi connectivity index (χ1) is 13.0. The fourth-order valence-electron chi connectivity index (χ4n) is 2.51. The van der Waals surface area contributed by atoms with Gasteiger partial charge in [0.2, 0.25) is 0 Å². The Balaban J connectivity index is 1.73. The molecule has 1 N–H and O–H groups in total. The van der Waals surface area contributed by atoms with Crippen molar-refractivity contribution in [3.05, 3.63) is 80.4 Å². The number of hydrazone groups is 1. The number of hydrogen-bond acceptors (Lipinski definition) is 6. The predicted octanol–water partition coefficient (Wildman–Crippen LogP) is 1.76. The summed E-state index contributed by atoms with van der Waals surface area (Å²) in [4.78, 5) is 39.1. The van der Waals surface area contributed by atoms with Crippen molar-refractivity contribution in [3.63, 3.8) is 0 Å². The zero-order valence-electron chi connectivity index (χ0n) is 14.3. The number of carbonyl (C=O) groups is 1. The quantitative estimate of drug-likeness (QED) is 0.420. The Morgan fingerprint density at radius 3 is 2.89 bits per heavy atom. The fraction of sp³-hybridized carbons (Fsp3) is 0.111. The minimum absolute atomic E-state index is 0.124. The maximum atomic E-state index is 12.5. The van der Waals surface area contributed by atoms with E-state index >= 15 is 0 Å². The van der Waals surface area contributed by atoms with Gasteiger partial charge in [0, 0.05) is 6.07 Å². The second-order valence-corrected chi connectivity index (χ2v) is 5.81. The average Bonchev–Trinajstić information content (AvgIpc) is 2.65. The first kappa shape index (κ1) is 17.9. The van der Waals surface area contributed by atoms with Crippen molar-refractivity contribution in [2.45, 2.75) is 13.5 Å². The number of nitro groups is 1. The topological polar surface area (TPSA) is 119 Å². The number of amides is 1. The Hall–Kier alpha value is -3.88. The zero-order valence-corrected chi connectivity index (χ0v) is 14.3. The van der Waals surface area contributed by atoms with Crippen LogP contribution in [-0.4, -0.2) is 26.6 Å². The molecule has 3 aromatic rings. The van der Waals surface area contributed by atoms with Crippen LogP contribution in [0.5, 0.6) is 0 Å². The van der Waals surface area contributed by atoms with Crippen molar-refractivity contribution in [1.82, 2.24) is 15.0 Å². The van der Waals surface area contributed by atoms with Crippen LogP contribution in [0.3, 0.4) is 0 Å². The molecule has 0 fully saturated rings. The molecule has 9 heteroatoms. The van der Waals surface area contributed by atoms with Gasteiger partial charge in [0.25, 0.3) is 17.2 Å². The second-order valence-electron chi connectivity index (χ2n) is 5.81. The molecule has 2 aromatic carbocycles. The number of aromatic nitrogens is 2. The molecule has 1 amide bonds. The number of hydrogen-bond donors (Lipinski definition) is 1. The fourth-order valence-corrected chi connectivity index (χ4v) is 2.51. The molecule has 0 aliphatic heterocycles. The third-order valence-electron chi connectivity index (χ3n) is 3.82. The van der Waals surface area contributed by atoms with Gasteiger partial charge in [-0.3, -0.25) is 24.3 Å². The Bertz CT molecular complexity index is 1120. The van der Waals surface area contributed by atoms with E-state index in [1.165, 1.54) is 35.3 Å². The minimum atomic E-state index is -0.555. The second kappa shape index (κ2) is 7.56. The van der Waals surface area contributed by atoms with Crippen LogP contribution in [0, 0.1) is 17.0 Å². The smallest absolute Gasteiger partial charge is 0.278 e. The highest BCUT2D eigenvalue weighted by molar-refractivity contribution is 5.86. The van der Waals surface area contributed by atoms with Crippen LogP contribution >= 0.6 is 0 Å². The summed E-state index contributed by atoms with van der Waals surface area (Å²) >= 11 is 0. The molecule has 3 rings (SSSR count). The molecule has 0 atom stereocenters. The molecule has 136 valence electrons. The van der Waals surface area contributed by atoms with E-state index in [1.54, 1.807) is 18.2 Å². The molecule has 27 heavy (non-hydrogen) atoms. The lowest BCUT2D eigenvalue weighted by Gasteiger charge is -2.06. The Labute approximate surface area is 153 Å². The summed E-state index contributed by atoms with van der Waals surface area (Å²) in [5.41, 5.74) is 3.52. The first-order valence-electron chi connectivity index (χ1n) is 7.97. The summed E-state index contributed by atoms with van der Waals surface area (Å²) in [5.74, 6) is -0.555. The largest absolute Gasteiger partial charge is 0.289 e. The number of nitro benzene ring substituents is 1. The number of para-hydroxylation sites is 1. The zero-order chi connectivity index (χ0) is 19.4. The summed E-state index contributed by atoms with van der Waals surface area (Å²) in [6.07, 6.45) is 2.48. The van der Waals surface area contributed by atoms with E-state index in [0.29, 0.717) is 10.9 Å². The van der Waals surface area contributed by atoms with Crippen molar-refractivity contribution in [3.8, 4) is 0 Å². The van der Waals surface area contributed by atoms with Gasteiger partial charge in [0.1, 0.15) is 6.54 Å². The molecule has 0 saturated heterocycles. The monoisotopic (exact) mass is 365 g/mol. The normalized spacial score (nSPS) is 11.0. The molecule has 0 bridgehead atoms. The molecule has 0 radical (unpaired) electrons. The van der Waals surface area contributed by atoms with Gasteiger partial charge in [-0.15, -0.1) is 0 Å². The molecule has 1 heterocycles. The number of benzene rings is 2. The standard InChI is InChI=1S/C18H15N5O4/c1-12-6-7-15-14(8-12)18(25)22(11-19-15)10-17(24)21-20-9-13-4-2-3-5-16(13)23(26)27/h2-9,11H,10H2,1H3,(H,21,24)/b20-9+. The molecular weight excluding hydrogens is 350 g/mol. The van der Waals surface area contributed by atoms with Crippen molar-refractivity contribution in [2.24, 2.45) is 5.10 Å². The van der Waals surface area contributed by atoms with Gasteiger partial charge in [0.15, 0.2) is 0 Å². The van der Waals surface area contributed by atoms with E-state index in [-0.39, 0.29) is 23.4 Å². The van der Waals surface area contributed by atoms with E-state index in [2.05, 4.69) is 15.5 Å². The molecular formula is C18H15N5O4. The summed E-state index contributed by atoms with van der Waals surface area (Å²) in [6.45, 7) is 1.59. The van der Waals surface area contributed by atoms with Crippen LogP contribution < -0.4 is 11.0 Å². The maximum Gasteiger partial charge on any atom is 0.278 e. The summed E-state index contributed by atoms with van der Waals surface area (Å²) in [7, 11) is 0. The molecule has 0 saturated carbocycles. The lowest BCUT2D eigenvalue weighted by molar-refractivity contribution is -0.385. The Morgan fingerprint density at radius 2 is 2.11 bits per heavy atom. The SMILES string of the molecule is Cc1ccc2ncn(CC(=O)N/N=C/c3ccccc3[N+](=O)[O-])c(=O)c2c1. The lowest BCUT2D eigenvalue weighted by atomic mass is 10.2. The van der Waals surface area contributed by atoms with E-state index in [9.17, 15) is 19.7 Å². The summed E-state index contributed by atoms with van der Waals surface area (Å²) in [6, 6.07) is 11.3. The van der Waals surface area contributed by atoms with Crippen molar-refractivity contribution in [2.75, 3.05) is 0 Å². The van der Waals surface area contributed by atoms with Crippen LogP contribution in [0.2, 0.25) is 0 Å². The van der Waals surface area contributed by atoms with Crippen LogP contribution in [0.15, 0.2) is 58.7 Å². The number of carbonyl (C=O) groups excluding carboxylic acids is 1. The molecule has 9 nitrogen and oxygen atoms in total. The number of fused-ring (bicyclic) bond motifs is 1. The van der Waals surface area contributed by atoms with E-state index in [1.807, 2.05) is 13.0 Å². The highest BCUT2D eigenvalue weighted by Gasteiger charge is 2.11. The van der Waals surface area contributed by atoms with Gasteiger partial charge in [-0.05, 0) is 25.1 Å². The van der Waals surface area contributed by atoms with Crippen molar-refractivity contribution >= 4 is 28.7 Å². The summed E-state index contributed by atoms with van der Waals surface area (Å²) in [5, 5.41) is 15.1. The van der Waals surface area contributed by atoms with Crippen molar-refractivity contribution < 1.29 is 9.72 Å². The number of nitrogens with one attached hydrogen (secondary N) is 1. The van der Waals surface area contributed by atoms with E-state index in [4.69, 9.17) is 0 Å². The molecule has 0 spiro atoms. The number of nitrogens with zero attached hydrogens (tertiary/aromatic N) is 4. The third kappa shape index (κ3) is 4.03. The molecule has 0 aliphatic rings. The highest BCUT2D eigenvalue weighted by atomic mass is 16.6. The summed E-state index contributed by atoms with van der Waals surface area (Å²) < 4.78 is 1.18. The van der Waals surface area contributed by atoms with Gasteiger partial charge >= 0.3 is 0 Å². The van der Waals surface area contributed by atoms with Gasteiger partial charge in [-0.2, -0.15) is 5.10 Å². The molecule has 1 aromatic heterocycles. The van der Waals surface area contributed by atoms with E-state index < -0.39 is 10.8 Å². The Kier molecular flexibility index (Phi) is 5.02. The van der Waals surface area contributed by atoms with Gasteiger partial charge < -0.3 is 0 Å².